The third kappa shape index (κ3) is 2.52. The standard InChI is InChI=1S/C11H9BrN2O3/c12-8-3-1-2-7(4-8)9(15)6-14-10(16)5-13-11(14)17/h1-4H,5-6H2,(H,13,17). The minimum absolute atomic E-state index is 0.0371. The summed E-state index contributed by atoms with van der Waals surface area (Å²) in [6, 6.07) is 6.30. The van der Waals surface area contributed by atoms with Gasteiger partial charge in [0.2, 0.25) is 5.91 Å². The van der Waals surface area contributed by atoms with E-state index in [9.17, 15) is 14.4 Å². The van der Waals surface area contributed by atoms with Gasteiger partial charge in [-0.1, -0.05) is 28.1 Å². The third-order valence-electron chi connectivity index (χ3n) is 2.39. The first-order chi connectivity index (χ1) is 8.08. The van der Waals surface area contributed by atoms with Crippen molar-refractivity contribution in [2.24, 2.45) is 0 Å². The van der Waals surface area contributed by atoms with Crippen LogP contribution in [0.3, 0.4) is 0 Å². The van der Waals surface area contributed by atoms with E-state index in [2.05, 4.69) is 21.2 Å². The summed E-state index contributed by atoms with van der Waals surface area (Å²) in [4.78, 5) is 35.3. The number of hydrogen-bond donors (Lipinski definition) is 1. The van der Waals surface area contributed by atoms with Gasteiger partial charge < -0.3 is 5.32 Å². The summed E-state index contributed by atoms with van der Waals surface area (Å²) in [6.45, 7) is -0.258. The Hall–Kier alpha value is -1.69. The van der Waals surface area contributed by atoms with Gasteiger partial charge in [0.15, 0.2) is 5.78 Å². The molecule has 0 radical (unpaired) electrons. The Balaban J connectivity index is 2.12. The molecule has 1 saturated heterocycles. The number of urea groups is 1. The van der Waals surface area contributed by atoms with E-state index >= 15 is 0 Å². The zero-order valence-corrected chi connectivity index (χ0v) is 10.4. The van der Waals surface area contributed by atoms with Crippen molar-refractivity contribution >= 4 is 33.7 Å². The Kier molecular flexibility index (Phi) is 3.23. The van der Waals surface area contributed by atoms with E-state index in [4.69, 9.17) is 0 Å². The molecule has 0 saturated carbocycles. The van der Waals surface area contributed by atoms with Crippen LogP contribution in [0, 0.1) is 0 Å². The van der Waals surface area contributed by atoms with Crippen LogP contribution in [0.25, 0.3) is 0 Å². The van der Waals surface area contributed by atoms with Crippen molar-refractivity contribution in [3.63, 3.8) is 0 Å². The molecule has 1 N–H and O–H groups in total. The van der Waals surface area contributed by atoms with Crippen LogP contribution >= 0.6 is 15.9 Å². The summed E-state index contributed by atoms with van der Waals surface area (Å²) in [7, 11) is 0. The highest BCUT2D eigenvalue weighted by molar-refractivity contribution is 9.10. The van der Waals surface area contributed by atoms with E-state index < -0.39 is 6.03 Å². The van der Waals surface area contributed by atoms with Crippen molar-refractivity contribution in [2.75, 3.05) is 13.1 Å². The normalized spacial score (nSPS) is 15.0. The zero-order chi connectivity index (χ0) is 12.4. The first kappa shape index (κ1) is 11.8. The summed E-state index contributed by atoms with van der Waals surface area (Å²) in [5.74, 6) is -0.643. The van der Waals surface area contributed by atoms with Crippen LogP contribution in [0.4, 0.5) is 4.79 Å². The van der Waals surface area contributed by atoms with Gasteiger partial charge in [0, 0.05) is 10.0 Å². The van der Waals surface area contributed by atoms with E-state index in [0.717, 1.165) is 9.37 Å². The zero-order valence-electron chi connectivity index (χ0n) is 8.77. The maximum absolute atomic E-state index is 11.8. The highest BCUT2D eigenvalue weighted by Gasteiger charge is 2.30. The second-order valence-electron chi connectivity index (χ2n) is 3.57. The number of carbonyl (C=O) groups excluding carboxylic acids is 3. The Morgan fingerprint density at radius 2 is 2.18 bits per heavy atom. The van der Waals surface area contributed by atoms with Crippen LogP contribution in [-0.4, -0.2) is 35.7 Å². The molecule has 1 aromatic rings. The fourth-order valence-corrected chi connectivity index (χ4v) is 1.91. The Morgan fingerprint density at radius 3 is 2.76 bits per heavy atom. The lowest BCUT2D eigenvalue weighted by Crippen LogP contribution is -2.35. The molecule has 1 aliphatic rings. The number of hydrogen-bond acceptors (Lipinski definition) is 3. The molecular weight excluding hydrogens is 288 g/mol. The fourth-order valence-electron chi connectivity index (χ4n) is 1.51. The van der Waals surface area contributed by atoms with E-state index in [1.165, 1.54) is 0 Å². The van der Waals surface area contributed by atoms with Gasteiger partial charge in [-0.25, -0.2) is 4.79 Å². The van der Waals surface area contributed by atoms with Gasteiger partial charge in [0.1, 0.15) is 0 Å². The molecule has 0 aliphatic carbocycles. The Bertz CT molecular complexity index is 485. The molecule has 17 heavy (non-hydrogen) atoms. The first-order valence-electron chi connectivity index (χ1n) is 4.95. The summed E-state index contributed by atoms with van der Waals surface area (Å²) in [5, 5.41) is 2.36. The van der Waals surface area contributed by atoms with Gasteiger partial charge in [-0.05, 0) is 12.1 Å². The van der Waals surface area contributed by atoms with Gasteiger partial charge in [-0.2, -0.15) is 0 Å². The maximum Gasteiger partial charge on any atom is 0.325 e. The number of Topliss-reactive ketones (excluding diaryl/α,β-unsaturated/α-hetero) is 1. The summed E-state index contributed by atoms with van der Waals surface area (Å²) >= 11 is 3.25. The van der Waals surface area contributed by atoms with Crippen molar-refractivity contribution < 1.29 is 14.4 Å². The lowest BCUT2D eigenvalue weighted by atomic mass is 10.1. The van der Waals surface area contributed by atoms with E-state index in [-0.39, 0.29) is 24.8 Å². The molecule has 0 aromatic heterocycles. The minimum atomic E-state index is -0.515. The quantitative estimate of drug-likeness (QED) is 0.673. The second kappa shape index (κ2) is 4.67. The molecule has 0 unspecified atom stereocenters. The largest absolute Gasteiger partial charge is 0.329 e. The number of benzene rings is 1. The van der Waals surface area contributed by atoms with Gasteiger partial charge >= 0.3 is 6.03 Å². The molecule has 1 aromatic carbocycles. The van der Waals surface area contributed by atoms with E-state index in [1.807, 2.05) is 0 Å². The number of nitrogens with one attached hydrogen (secondary N) is 1. The van der Waals surface area contributed by atoms with Crippen LogP contribution in [0.1, 0.15) is 10.4 Å². The van der Waals surface area contributed by atoms with Crippen molar-refractivity contribution in [1.29, 1.82) is 0 Å². The molecule has 3 amide bonds. The molecule has 1 heterocycles. The van der Waals surface area contributed by atoms with Crippen LogP contribution < -0.4 is 5.32 Å². The van der Waals surface area contributed by atoms with Crippen LogP contribution in [0.5, 0.6) is 0 Å². The highest BCUT2D eigenvalue weighted by atomic mass is 79.9. The summed E-state index contributed by atoms with van der Waals surface area (Å²) < 4.78 is 0.778. The maximum atomic E-state index is 11.8. The lowest BCUT2D eigenvalue weighted by molar-refractivity contribution is -0.124. The molecule has 0 atom stereocenters. The number of carbonyl (C=O) groups is 3. The van der Waals surface area contributed by atoms with Gasteiger partial charge in [0.05, 0.1) is 13.1 Å². The molecule has 0 spiro atoms. The van der Waals surface area contributed by atoms with Crippen molar-refractivity contribution in [1.82, 2.24) is 10.2 Å². The topological polar surface area (TPSA) is 66.5 Å². The number of imide groups is 1. The van der Waals surface area contributed by atoms with E-state index in [0.29, 0.717) is 5.56 Å². The second-order valence-corrected chi connectivity index (χ2v) is 4.49. The fraction of sp³-hybridized carbons (Fsp3) is 0.182. The molecule has 0 bridgehead atoms. The summed E-state index contributed by atoms with van der Waals surface area (Å²) in [6.07, 6.45) is 0. The SMILES string of the molecule is O=C(CN1C(=O)CNC1=O)c1cccc(Br)c1. The average Bonchev–Trinajstić information content (AvgIpc) is 2.61. The van der Waals surface area contributed by atoms with Gasteiger partial charge in [0.25, 0.3) is 0 Å². The van der Waals surface area contributed by atoms with Crippen molar-refractivity contribution in [3.05, 3.63) is 34.3 Å². The average molecular weight is 297 g/mol. The van der Waals surface area contributed by atoms with Crippen LogP contribution in [0.2, 0.25) is 0 Å². The van der Waals surface area contributed by atoms with Crippen LogP contribution in [-0.2, 0) is 4.79 Å². The molecular formula is C11H9BrN2O3. The molecule has 1 aliphatic heterocycles. The Labute approximate surface area is 106 Å². The van der Waals surface area contributed by atoms with Crippen molar-refractivity contribution in [3.8, 4) is 0 Å². The smallest absolute Gasteiger partial charge is 0.325 e. The predicted octanol–water partition coefficient (Wildman–Crippen LogP) is 1.18. The van der Waals surface area contributed by atoms with Crippen molar-refractivity contribution in [2.45, 2.75) is 0 Å². The predicted molar refractivity (Wildman–Crippen MR) is 63.6 cm³/mol. The van der Waals surface area contributed by atoms with Crippen LogP contribution in [0.15, 0.2) is 28.7 Å². The molecule has 2 rings (SSSR count). The number of nitrogens with zero attached hydrogens (tertiary/aromatic N) is 1. The molecule has 88 valence electrons. The first-order valence-corrected chi connectivity index (χ1v) is 5.74. The molecule has 6 heteroatoms. The lowest BCUT2D eigenvalue weighted by Gasteiger charge is -2.11. The monoisotopic (exact) mass is 296 g/mol. The number of ketones is 1. The molecule has 5 nitrogen and oxygen atoms in total. The number of amides is 3. The third-order valence-corrected chi connectivity index (χ3v) is 2.88. The van der Waals surface area contributed by atoms with E-state index in [1.54, 1.807) is 24.3 Å². The number of rotatable bonds is 3. The van der Waals surface area contributed by atoms with Gasteiger partial charge in [-0.15, -0.1) is 0 Å². The number of halogens is 1. The Morgan fingerprint density at radius 1 is 1.41 bits per heavy atom. The summed E-state index contributed by atoms with van der Waals surface area (Å²) in [5.41, 5.74) is 0.465. The molecule has 1 fully saturated rings. The highest BCUT2D eigenvalue weighted by Crippen LogP contribution is 2.13. The van der Waals surface area contributed by atoms with Gasteiger partial charge in [-0.3, -0.25) is 14.5 Å². The minimum Gasteiger partial charge on any atom is -0.329 e.